The normalized spacial score (nSPS) is 11.6. The van der Waals surface area contributed by atoms with Crippen LogP contribution in [0.4, 0.5) is 0 Å². The van der Waals surface area contributed by atoms with Crippen LogP contribution in [0.3, 0.4) is 0 Å². The second kappa shape index (κ2) is 15.0. The fourth-order valence-electron chi connectivity index (χ4n) is 10.2. The van der Waals surface area contributed by atoms with Crippen LogP contribution in [0.1, 0.15) is 11.1 Å². The van der Waals surface area contributed by atoms with Crippen molar-refractivity contribution in [3.63, 3.8) is 0 Å². The maximum absolute atomic E-state index is 12.1. The molecular weight excluding hydrogens is 821 g/mol. The molecule has 0 atom stereocenters. The topological polar surface area (TPSA) is 101 Å². The van der Waals surface area contributed by atoms with Crippen molar-refractivity contribution in [2.45, 2.75) is 0 Å². The molecule has 9 aromatic carbocycles. The molecule has 0 saturated heterocycles. The zero-order valence-corrected chi connectivity index (χ0v) is 35.7. The van der Waals surface area contributed by atoms with Crippen molar-refractivity contribution < 1.29 is 0 Å². The molecule has 310 valence electrons. The molecule has 0 spiro atoms. The van der Waals surface area contributed by atoms with E-state index >= 15 is 0 Å². The summed E-state index contributed by atoms with van der Waals surface area (Å²) in [6.07, 6.45) is 0. The smallest absolute Gasteiger partial charge is 0.166 e. The van der Waals surface area contributed by atoms with Gasteiger partial charge in [-0.15, -0.1) is 0 Å². The van der Waals surface area contributed by atoms with Gasteiger partial charge in [-0.1, -0.05) is 170 Å². The van der Waals surface area contributed by atoms with Crippen LogP contribution in [-0.2, 0) is 0 Å². The highest BCUT2D eigenvalue weighted by atomic mass is 15.1. The van der Waals surface area contributed by atoms with E-state index in [1.54, 1.807) is 0 Å². The Morgan fingerprint density at radius 3 is 0.836 bits per heavy atom. The monoisotopic (exact) mass is 854 g/mol. The first-order chi connectivity index (χ1) is 33.2. The summed E-state index contributed by atoms with van der Waals surface area (Å²) in [5.74, 6) is 1.04. The Morgan fingerprint density at radius 2 is 0.537 bits per heavy atom. The van der Waals surface area contributed by atoms with Crippen LogP contribution in [0.2, 0.25) is 0 Å². The van der Waals surface area contributed by atoms with E-state index in [1.807, 2.05) is 121 Å². The van der Waals surface area contributed by atoms with Gasteiger partial charge in [0.25, 0.3) is 0 Å². The maximum Gasteiger partial charge on any atom is 0.166 e. The van der Waals surface area contributed by atoms with Gasteiger partial charge in [-0.3, -0.25) is 0 Å². The minimum Gasteiger partial charge on any atom is -0.306 e. The van der Waals surface area contributed by atoms with Crippen LogP contribution in [0.25, 0.3) is 117 Å². The molecule has 8 nitrogen and oxygen atoms in total. The van der Waals surface area contributed by atoms with Gasteiger partial charge in [0.05, 0.1) is 66.9 Å². The lowest BCUT2D eigenvalue weighted by atomic mass is 9.94. The second-order valence-electron chi connectivity index (χ2n) is 16.5. The molecule has 0 amide bonds. The van der Waals surface area contributed by atoms with Gasteiger partial charge in [0, 0.05) is 43.4 Å². The Hall–Kier alpha value is -9.63. The lowest BCUT2D eigenvalue weighted by Crippen LogP contribution is -2.15. The summed E-state index contributed by atoms with van der Waals surface area (Å²) in [4.78, 5) is 15.5. The van der Waals surface area contributed by atoms with Crippen LogP contribution in [0.5, 0.6) is 0 Å². The standard InChI is InChI=1S/C59H34N8/c60-35-45-53(59-63-57(37-19-3-1-4-20-37)62-58(64-59)38-21-5-2-6-22-38)46(36-61)55(66-49-31-15-9-25-41(49)42-26-10-16-32-50(42)66)56(67-51-33-17-11-27-43(51)44-28-12-18-34-52(44)67)54(45)65-47-29-13-7-23-39(47)40-24-8-14-30-48(40)65/h1-34H. The quantitative estimate of drug-likeness (QED) is 0.166. The summed E-state index contributed by atoms with van der Waals surface area (Å²) in [7, 11) is 0. The molecule has 8 heteroatoms. The average Bonchev–Trinajstić information content (AvgIpc) is 4.04. The molecule has 0 saturated carbocycles. The van der Waals surface area contributed by atoms with Gasteiger partial charge in [-0.25, -0.2) is 15.0 Å². The number of aromatic nitrogens is 6. The van der Waals surface area contributed by atoms with E-state index in [0.29, 0.717) is 34.3 Å². The molecule has 0 bridgehead atoms. The van der Waals surface area contributed by atoms with Crippen LogP contribution in [0, 0.1) is 22.7 Å². The summed E-state index contributed by atoms with van der Waals surface area (Å²) in [6.45, 7) is 0. The molecule has 13 rings (SSSR count). The van der Waals surface area contributed by atoms with E-state index < -0.39 is 0 Å². The lowest BCUT2D eigenvalue weighted by Gasteiger charge is -2.26. The highest BCUT2D eigenvalue weighted by Crippen LogP contribution is 2.48. The maximum atomic E-state index is 12.1. The lowest BCUT2D eigenvalue weighted by molar-refractivity contribution is 1.03. The molecule has 0 aliphatic heterocycles. The fourth-order valence-corrected chi connectivity index (χ4v) is 10.2. The Bertz CT molecular complexity index is 3870. The Kier molecular flexibility index (Phi) is 8.48. The van der Waals surface area contributed by atoms with Crippen molar-refractivity contribution >= 4 is 65.4 Å². The van der Waals surface area contributed by atoms with Gasteiger partial charge in [0.15, 0.2) is 17.5 Å². The number of hydrogen-bond donors (Lipinski definition) is 0. The summed E-state index contributed by atoms with van der Waals surface area (Å²) >= 11 is 0. The van der Waals surface area contributed by atoms with Crippen LogP contribution in [-0.4, -0.2) is 28.7 Å². The zero-order valence-electron chi connectivity index (χ0n) is 35.7. The van der Waals surface area contributed by atoms with E-state index in [1.165, 1.54) is 0 Å². The van der Waals surface area contributed by atoms with Gasteiger partial charge in [0.2, 0.25) is 0 Å². The van der Waals surface area contributed by atoms with Gasteiger partial charge in [-0.2, -0.15) is 10.5 Å². The van der Waals surface area contributed by atoms with E-state index in [4.69, 9.17) is 15.0 Å². The molecule has 67 heavy (non-hydrogen) atoms. The number of benzene rings is 9. The Morgan fingerprint density at radius 1 is 0.284 bits per heavy atom. The largest absolute Gasteiger partial charge is 0.306 e. The van der Waals surface area contributed by atoms with Gasteiger partial charge in [-0.05, 0) is 36.4 Å². The Labute approximate surface area is 383 Å². The average molecular weight is 855 g/mol. The van der Waals surface area contributed by atoms with Crippen molar-refractivity contribution in [3.8, 4) is 63.4 Å². The van der Waals surface area contributed by atoms with E-state index in [2.05, 4.69) is 111 Å². The summed E-state index contributed by atoms with van der Waals surface area (Å²) < 4.78 is 6.68. The third-order valence-corrected chi connectivity index (χ3v) is 13.0. The van der Waals surface area contributed by atoms with Crippen molar-refractivity contribution in [1.29, 1.82) is 10.5 Å². The van der Waals surface area contributed by atoms with Crippen LogP contribution in [0.15, 0.2) is 206 Å². The third-order valence-electron chi connectivity index (χ3n) is 13.0. The van der Waals surface area contributed by atoms with E-state index in [-0.39, 0.29) is 17.0 Å². The summed E-state index contributed by atoms with van der Waals surface area (Å²) in [6, 6.07) is 75.0. The van der Waals surface area contributed by atoms with Crippen LogP contribution >= 0.6 is 0 Å². The number of para-hydroxylation sites is 6. The summed E-state index contributed by atoms with van der Waals surface area (Å²) in [5.41, 5.74) is 9.61. The molecular formula is C59H34N8. The van der Waals surface area contributed by atoms with Crippen molar-refractivity contribution in [3.05, 3.63) is 217 Å². The molecule has 0 aliphatic rings. The minimum atomic E-state index is 0.207. The van der Waals surface area contributed by atoms with Gasteiger partial charge in [0.1, 0.15) is 12.1 Å². The molecule has 4 heterocycles. The first-order valence-electron chi connectivity index (χ1n) is 22.1. The highest BCUT2D eigenvalue weighted by molar-refractivity contribution is 6.15. The first-order valence-corrected chi connectivity index (χ1v) is 22.1. The van der Waals surface area contributed by atoms with Crippen molar-refractivity contribution in [1.82, 2.24) is 28.7 Å². The number of rotatable bonds is 6. The molecule has 0 unspecified atom stereocenters. The second-order valence-corrected chi connectivity index (χ2v) is 16.5. The fraction of sp³-hybridized carbons (Fsp3) is 0. The van der Waals surface area contributed by atoms with E-state index in [0.717, 1.165) is 76.5 Å². The van der Waals surface area contributed by atoms with Gasteiger partial charge < -0.3 is 13.7 Å². The highest BCUT2D eigenvalue weighted by Gasteiger charge is 2.34. The summed E-state index contributed by atoms with van der Waals surface area (Å²) in [5, 5.41) is 30.5. The van der Waals surface area contributed by atoms with E-state index in [9.17, 15) is 10.5 Å². The third kappa shape index (κ3) is 5.61. The SMILES string of the molecule is N#Cc1c(-c2nc(-c3ccccc3)nc(-c3ccccc3)n2)c(C#N)c(-n2c3ccccc3c3ccccc32)c(-n2c3ccccc3c3ccccc32)c1-n1c2ccccc2c2ccccc21. The van der Waals surface area contributed by atoms with Crippen molar-refractivity contribution in [2.75, 3.05) is 0 Å². The first kappa shape index (κ1) is 37.9. The molecule has 0 N–H and O–H groups in total. The molecule has 0 aliphatic carbocycles. The predicted molar refractivity (Wildman–Crippen MR) is 269 cm³/mol. The molecule has 13 aromatic rings. The van der Waals surface area contributed by atoms with Crippen molar-refractivity contribution in [2.24, 2.45) is 0 Å². The number of nitriles is 2. The predicted octanol–water partition coefficient (Wildman–Crippen LogP) is 13.9. The molecule has 4 aromatic heterocycles. The zero-order chi connectivity index (χ0) is 44.6. The van der Waals surface area contributed by atoms with Crippen LogP contribution < -0.4 is 0 Å². The Balaban J connectivity index is 1.34. The molecule has 0 radical (unpaired) electrons. The number of nitrogens with zero attached hydrogens (tertiary/aromatic N) is 8. The van der Waals surface area contributed by atoms with Gasteiger partial charge >= 0.3 is 0 Å². The number of fused-ring (bicyclic) bond motifs is 9. The minimum absolute atomic E-state index is 0.207. The number of hydrogen-bond acceptors (Lipinski definition) is 5. The molecule has 0 fully saturated rings.